The predicted molar refractivity (Wildman–Crippen MR) is 62.8 cm³/mol. The Hall–Kier alpha value is -1.08. The number of aryl methyl sites for hydroxylation is 1. The summed E-state index contributed by atoms with van der Waals surface area (Å²) >= 11 is 0. The SMILES string of the molecule is C=C[C@@H]1CCO[C@H]1CCc1ccccc1. The number of rotatable bonds is 4. The first kappa shape index (κ1) is 10.4. The molecule has 80 valence electrons. The van der Waals surface area contributed by atoms with Crippen LogP contribution in [0, 0.1) is 5.92 Å². The molecular formula is C14H18O. The first-order valence-electron chi connectivity index (χ1n) is 5.68. The zero-order valence-electron chi connectivity index (χ0n) is 9.06. The fourth-order valence-corrected chi connectivity index (χ4v) is 2.19. The lowest BCUT2D eigenvalue weighted by atomic mass is 9.96. The molecule has 0 spiro atoms. The van der Waals surface area contributed by atoms with E-state index in [0.29, 0.717) is 12.0 Å². The highest BCUT2D eigenvalue weighted by Gasteiger charge is 2.24. The van der Waals surface area contributed by atoms with E-state index in [0.717, 1.165) is 25.9 Å². The molecule has 1 heteroatoms. The number of hydrogen-bond acceptors (Lipinski definition) is 1. The molecule has 0 aromatic heterocycles. The van der Waals surface area contributed by atoms with Crippen molar-refractivity contribution in [2.45, 2.75) is 25.4 Å². The zero-order chi connectivity index (χ0) is 10.5. The van der Waals surface area contributed by atoms with Crippen LogP contribution < -0.4 is 0 Å². The molecule has 1 aliphatic heterocycles. The molecule has 1 heterocycles. The van der Waals surface area contributed by atoms with Crippen molar-refractivity contribution < 1.29 is 4.74 Å². The van der Waals surface area contributed by atoms with Crippen LogP contribution in [-0.2, 0) is 11.2 Å². The predicted octanol–water partition coefficient (Wildman–Crippen LogP) is 3.21. The van der Waals surface area contributed by atoms with Gasteiger partial charge in [0.15, 0.2) is 0 Å². The number of hydrogen-bond donors (Lipinski definition) is 0. The summed E-state index contributed by atoms with van der Waals surface area (Å²) in [6.07, 6.45) is 5.80. The van der Waals surface area contributed by atoms with Crippen LogP contribution in [0.25, 0.3) is 0 Å². The van der Waals surface area contributed by atoms with Gasteiger partial charge in [-0.1, -0.05) is 36.4 Å². The molecule has 0 aliphatic carbocycles. The van der Waals surface area contributed by atoms with Gasteiger partial charge in [0.2, 0.25) is 0 Å². The third-order valence-electron chi connectivity index (χ3n) is 3.12. The van der Waals surface area contributed by atoms with Crippen LogP contribution in [0.4, 0.5) is 0 Å². The minimum Gasteiger partial charge on any atom is -0.378 e. The second-order valence-corrected chi connectivity index (χ2v) is 4.12. The van der Waals surface area contributed by atoms with Crippen LogP contribution in [0.5, 0.6) is 0 Å². The monoisotopic (exact) mass is 202 g/mol. The normalized spacial score (nSPS) is 25.3. The molecule has 1 nitrogen and oxygen atoms in total. The van der Waals surface area contributed by atoms with E-state index in [1.165, 1.54) is 5.56 Å². The zero-order valence-corrected chi connectivity index (χ0v) is 9.06. The number of ether oxygens (including phenoxy) is 1. The highest BCUT2D eigenvalue weighted by molar-refractivity contribution is 5.14. The standard InChI is InChI=1S/C14H18O/c1-2-13-10-11-15-14(13)9-8-12-6-4-3-5-7-12/h2-7,13-14H,1,8-11H2/t13-,14+/m1/s1. The van der Waals surface area contributed by atoms with Crippen molar-refractivity contribution in [3.05, 3.63) is 48.6 Å². The fourth-order valence-electron chi connectivity index (χ4n) is 2.19. The van der Waals surface area contributed by atoms with Crippen LogP contribution in [0.3, 0.4) is 0 Å². The molecule has 2 atom stereocenters. The van der Waals surface area contributed by atoms with Crippen molar-refractivity contribution in [1.82, 2.24) is 0 Å². The van der Waals surface area contributed by atoms with Crippen molar-refractivity contribution in [3.63, 3.8) is 0 Å². The molecule has 0 unspecified atom stereocenters. The average molecular weight is 202 g/mol. The smallest absolute Gasteiger partial charge is 0.0641 e. The van der Waals surface area contributed by atoms with Crippen molar-refractivity contribution in [2.24, 2.45) is 5.92 Å². The van der Waals surface area contributed by atoms with Gasteiger partial charge in [0.1, 0.15) is 0 Å². The maximum absolute atomic E-state index is 5.71. The number of benzene rings is 1. The summed E-state index contributed by atoms with van der Waals surface area (Å²) in [7, 11) is 0. The van der Waals surface area contributed by atoms with Gasteiger partial charge < -0.3 is 4.74 Å². The van der Waals surface area contributed by atoms with Crippen LogP contribution in [0.1, 0.15) is 18.4 Å². The van der Waals surface area contributed by atoms with E-state index in [2.05, 4.69) is 36.9 Å². The van der Waals surface area contributed by atoms with E-state index in [9.17, 15) is 0 Å². The third kappa shape index (κ3) is 2.69. The molecule has 1 saturated heterocycles. The Labute approximate surface area is 91.8 Å². The molecule has 1 fully saturated rings. The van der Waals surface area contributed by atoms with Crippen LogP contribution in [0.15, 0.2) is 43.0 Å². The quantitative estimate of drug-likeness (QED) is 0.681. The van der Waals surface area contributed by atoms with Gasteiger partial charge in [-0.3, -0.25) is 0 Å². The average Bonchev–Trinajstić information content (AvgIpc) is 2.75. The molecule has 0 N–H and O–H groups in total. The topological polar surface area (TPSA) is 9.23 Å². The summed E-state index contributed by atoms with van der Waals surface area (Å²) in [6, 6.07) is 10.6. The molecule has 0 amide bonds. The Kier molecular flexibility index (Phi) is 3.57. The molecule has 0 radical (unpaired) electrons. The molecule has 0 bridgehead atoms. The molecule has 15 heavy (non-hydrogen) atoms. The van der Waals surface area contributed by atoms with Crippen LogP contribution >= 0.6 is 0 Å². The Balaban J connectivity index is 1.85. The summed E-state index contributed by atoms with van der Waals surface area (Å²) in [6.45, 7) is 4.77. The van der Waals surface area contributed by atoms with Crippen LogP contribution in [-0.4, -0.2) is 12.7 Å². The largest absolute Gasteiger partial charge is 0.378 e. The molecule has 1 aromatic rings. The van der Waals surface area contributed by atoms with Gasteiger partial charge in [0.25, 0.3) is 0 Å². The van der Waals surface area contributed by atoms with E-state index >= 15 is 0 Å². The Morgan fingerprint density at radius 1 is 1.33 bits per heavy atom. The van der Waals surface area contributed by atoms with Gasteiger partial charge >= 0.3 is 0 Å². The van der Waals surface area contributed by atoms with Gasteiger partial charge in [0, 0.05) is 12.5 Å². The van der Waals surface area contributed by atoms with E-state index in [1.54, 1.807) is 0 Å². The van der Waals surface area contributed by atoms with Gasteiger partial charge in [-0.05, 0) is 24.8 Å². The lowest BCUT2D eigenvalue weighted by Crippen LogP contribution is -2.14. The highest BCUT2D eigenvalue weighted by atomic mass is 16.5. The van der Waals surface area contributed by atoms with Gasteiger partial charge in [0.05, 0.1) is 6.10 Å². The van der Waals surface area contributed by atoms with Crippen molar-refractivity contribution >= 4 is 0 Å². The minimum atomic E-state index is 0.391. The Bertz CT molecular complexity index is 304. The van der Waals surface area contributed by atoms with Crippen LogP contribution in [0.2, 0.25) is 0 Å². The summed E-state index contributed by atoms with van der Waals surface area (Å²) < 4.78 is 5.71. The maximum atomic E-state index is 5.71. The van der Waals surface area contributed by atoms with Crippen molar-refractivity contribution in [2.75, 3.05) is 6.61 Å². The fraction of sp³-hybridized carbons (Fsp3) is 0.429. The summed E-state index contributed by atoms with van der Waals surface area (Å²) in [5, 5.41) is 0. The molecule has 0 saturated carbocycles. The summed E-state index contributed by atoms with van der Waals surface area (Å²) in [5.74, 6) is 0.564. The highest BCUT2D eigenvalue weighted by Crippen LogP contribution is 2.25. The lowest BCUT2D eigenvalue weighted by molar-refractivity contribution is 0.0923. The third-order valence-corrected chi connectivity index (χ3v) is 3.12. The first-order valence-corrected chi connectivity index (χ1v) is 5.68. The van der Waals surface area contributed by atoms with Crippen molar-refractivity contribution in [3.8, 4) is 0 Å². The summed E-state index contributed by atoms with van der Waals surface area (Å²) in [5.41, 5.74) is 1.40. The Morgan fingerprint density at radius 2 is 2.13 bits per heavy atom. The van der Waals surface area contributed by atoms with E-state index in [-0.39, 0.29) is 0 Å². The second kappa shape index (κ2) is 5.13. The molecule has 2 rings (SSSR count). The first-order chi connectivity index (χ1) is 7.40. The lowest BCUT2D eigenvalue weighted by Gasteiger charge is -2.14. The minimum absolute atomic E-state index is 0.391. The van der Waals surface area contributed by atoms with Crippen molar-refractivity contribution in [1.29, 1.82) is 0 Å². The van der Waals surface area contributed by atoms with Gasteiger partial charge in [-0.2, -0.15) is 0 Å². The van der Waals surface area contributed by atoms with E-state index in [4.69, 9.17) is 4.74 Å². The van der Waals surface area contributed by atoms with E-state index in [1.807, 2.05) is 6.08 Å². The second-order valence-electron chi connectivity index (χ2n) is 4.12. The molecule has 1 aromatic carbocycles. The van der Waals surface area contributed by atoms with E-state index < -0.39 is 0 Å². The van der Waals surface area contributed by atoms with Gasteiger partial charge in [-0.15, -0.1) is 6.58 Å². The summed E-state index contributed by atoms with van der Waals surface area (Å²) in [4.78, 5) is 0. The maximum Gasteiger partial charge on any atom is 0.0641 e. The molecule has 1 aliphatic rings. The van der Waals surface area contributed by atoms with Gasteiger partial charge in [-0.25, -0.2) is 0 Å². The molecular weight excluding hydrogens is 184 g/mol. The Morgan fingerprint density at radius 3 is 2.87 bits per heavy atom.